The van der Waals surface area contributed by atoms with E-state index in [1.165, 1.54) is 7.11 Å². The lowest BCUT2D eigenvalue weighted by Gasteiger charge is -2.23. The van der Waals surface area contributed by atoms with Crippen LogP contribution in [-0.2, 0) is 16.1 Å². The highest BCUT2D eigenvalue weighted by molar-refractivity contribution is 6.31. The molecule has 4 rings (SSSR count). The third kappa shape index (κ3) is 3.08. The van der Waals surface area contributed by atoms with Gasteiger partial charge in [-0.15, -0.1) is 0 Å². The lowest BCUT2D eigenvalue weighted by Crippen LogP contribution is -2.25. The molecule has 0 fully saturated rings. The highest BCUT2D eigenvalue weighted by atomic mass is 35.5. The smallest absolute Gasteiger partial charge is 0.356 e. The summed E-state index contributed by atoms with van der Waals surface area (Å²) in [4.78, 5) is 24.3. The van der Waals surface area contributed by atoms with E-state index in [1.54, 1.807) is 17.1 Å². The maximum atomic E-state index is 12.3. The molecule has 3 heterocycles. The number of nitrogens with zero attached hydrogens (tertiary/aromatic N) is 3. The van der Waals surface area contributed by atoms with Crippen LogP contribution in [-0.4, -0.2) is 39.0 Å². The number of methoxy groups -OCH3 is 1. The molecule has 1 aromatic carbocycles. The van der Waals surface area contributed by atoms with E-state index in [4.69, 9.17) is 16.3 Å². The minimum Gasteiger partial charge on any atom is -0.464 e. The molecule has 0 saturated heterocycles. The predicted molar refractivity (Wildman–Crippen MR) is 97.8 cm³/mol. The first-order valence-corrected chi connectivity index (χ1v) is 8.66. The molecule has 3 aromatic rings. The maximum Gasteiger partial charge on any atom is 0.356 e. The summed E-state index contributed by atoms with van der Waals surface area (Å²) >= 11 is 6.24. The van der Waals surface area contributed by atoms with Gasteiger partial charge in [0.2, 0.25) is 5.91 Å². The molecule has 27 heavy (non-hydrogen) atoms. The number of anilines is 1. The van der Waals surface area contributed by atoms with Crippen molar-refractivity contribution in [1.82, 2.24) is 20.0 Å². The molecule has 0 radical (unpaired) electrons. The molecule has 8 nitrogen and oxygen atoms in total. The van der Waals surface area contributed by atoms with E-state index in [-0.39, 0.29) is 23.9 Å². The number of H-pyrrole nitrogens is 1. The van der Waals surface area contributed by atoms with Gasteiger partial charge in [0.15, 0.2) is 0 Å². The van der Waals surface area contributed by atoms with Crippen LogP contribution in [0, 0.1) is 0 Å². The molecule has 1 aliphatic heterocycles. The number of benzene rings is 1. The second-order valence-corrected chi connectivity index (χ2v) is 6.60. The van der Waals surface area contributed by atoms with Gasteiger partial charge in [-0.05, 0) is 11.6 Å². The van der Waals surface area contributed by atoms with Crippen LogP contribution in [0.15, 0.2) is 36.7 Å². The number of esters is 1. The Kier molecular flexibility index (Phi) is 4.41. The van der Waals surface area contributed by atoms with E-state index in [1.807, 2.05) is 24.3 Å². The number of nitrogens with one attached hydrogen (secondary N) is 2. The zero-order chi connectivity index (χ0) is 19.0. The molecule has 0 spiro atoms. The van der Waals surface area contributed by atoms with Crippen molar-refractivity contribution in [2.24, 2.45) is 0 Å². The Morgan fingerprint density at radius 3 is 2.93 bits per heavy atom. The quantitative estimate of drug-likeness (QED) is 0.672. The summed E-state index contributed by atoms with van der Waals surface area (Å²) < 4.78 is 6.49. The average molecular weight is 386 g/mol. The fraction of sp³-hybridized carbons (Fsp3) is 0.222. The largest absolute Gasteiger partial charge is 0.464 e. The number of carbonyl (C=O) groups excluding carboxylic acids is 2. The highest BCUT2D eigenvalue weighted by Gasteiger charge is 2.33. The lowest BCUT2D eigenvalue weighted by molar-refractivity contribution is -0.116. The van der Waals surface area contributed by atoms with Crippen molar-refractivity contribution in [3.8, 4) is 0 Å². The number of rotatable bonds is 4. The summed E-state index contributed by atoms with van der Waals surface area (Å²) in [5.74, 6) is -0.446. The lowest BCUT2D eigenvalue weighted by atomic mass is 9.87. The Hall–Kier alpha value is -3.13. The number of hydrogen-bond donors (Lipinski definition) is 2. The Balaban J connectivity index is 1.73. The second-order valence-electron chi connectivity index (χ2n) is 6.19. The van der Waals surface area contributed by atoms with Gasteiger partial charge in [0.25, 0.3) is 0 Å². The van der Waals surface area contributed by atoms with Gasteiger partial charge >= 0.3 is 5.97 Å². The van der Waals surface area contributed by atoms with Gasteiger partial charge in [0, 0.05) is 28.5 Å². The van der Waals surface area contributed by atoms with E-state index in [9.17, 15) is 9.59 Å². The number of carbonyl (C=O) groups is 2. The Labute approximate surface area is 159 Å². The highest BCUT2D eigenvalue weighted by Crippen LogP contribution is 2.38. The number of aromatic nitrogens is 4. The zero-order valence-corrected chi connectivity index (χ0v) is 15.2. The first-order valence-electron chi connectivity index (χ1n) is 8.29. The number of halogens is 1. The molecule has 138 valence electrons. The first-order chi connectivity index (χ1) is 13.1. The van der Waals surface area contributed by atoms with E-state index in [0.29, 0.717) is 22.9 Å². The van der Waals surface area contributed by atoms with Crippen molar-refractivity contribution in [3.05, 3.63) is 64.1 Å². The van der Waals surface area contributed by atoms with Gasteiger partial charge in [-0.25, -0.2) is 9.48 Å². The molecule has 1 atom stereocenters. The number of fused-ring (bicyclic) bond motifs is 1. The number of aromatic amines is 1. The standard InChI is InChI=1S/C18H16ClN5O3/c1-27-18(26)16-12(7-20-23-16)11-6-15(25)22-17-13(11)8-21-24(17)9-10-4-2-3-5-14(10)19/h2-5,7-8,11H,6,9H2,1H3,(H,20,23)(H,22,25). The van der Waals surface area contributed by atoms with E-state index in [2.05, 4.69) is 20.6 Å². The molecule has 2 aromatic heterocycles. The molecule has 0 aliphatic carbocycles. The van der Waals surface area contributed by atoms with Gasteiger partial charge in [0.1, 0.15) is 11.5 Å². The summed E-state index contributed by atoms with van der Waals surface area (Å²) in [6.07, 6.45) is 3.43. The Bertz CT molecular complexity index is 1030. The van der Waals surface area contributed by atoms with Crippen LogP contribution in [0.5, 0.6) is 0 Å². The Morgan fingerprint density at radius 1 is 1.33 bits per heavy atom. The number of hydrogen-bond acceptors (Lipinski definition) is 5. The average Bonchev–Trinajstić information content (AvgIpc) is 3.30. The zero-order valence-electron chi connectivity index (χ0n) is 14.4. The molecule has 0 saturated carbocycles. The summed E-state index contributed by atoms with van der Waals surface area (Å²) in [5.41, 5.74) is 2.55. The molecular formula is C18H16ClN5O3. The molecule has 1 amide bonds. The van der Waals surface area contributed by atoms with Gasteiger partial charge in [-0.2, -0.15) is 10.2 Å². The summed E-state index contributed by atoms with van der Waals surface area (Å²) in [6.45, 7) is 0.414. The monoisotopic (exact) mass is 385 g/mol. The van der Waals surface area contributed by atoms with E-state index >= 15 is 0 Å². The van der Waals surface area contributed by atoms with Crippen molar-refractivity contribution in [1.29, 1.82) is 0 Å². The molecule has 1 unspecified atom stereocenters. The minimum absolute atomic E-state index is 0.162. The van der Waals surface area contributed by atoms with Gasteiger partial charge in [-0.3, -0.25) is 9.89 Å². The van der Waals surface area contributed by atoms with Crippen molar-refractivity contribution < 1.29 is 14.3 Å². The number of ether oxygens (including phenoxy) is 1. The van der Waals surface area contributed by atoms with Crippen LogP contribution < -0.4 is 5.32 Å². The summed E-state index contributed by atoms with van der Waals surface area (Å²) in [6, 6.07) is 7.47. The fourth-order valence-corrected chi connectivity index (χ4v) is 3.48. The van der Waals surface area contributed by atoms with Crippen LogP contribution in [0.4, 0.5) is 5.82 Å². The minimum atomic E-state index is -0.529. The van der Waals surface area contributed by atoms with Crippen LogP contribution in [0.2, 0.25) is 5.02 Å². The maximum absolute atomic E-state index is 12.3. The van der Waals surface area contributed by atoms with Gasteiger partial charge in [-0.1, -0.05) is 29.8 Å². The predicted octanol–water partition coefficient (Wildman–Crippen LogP) is 2.57. The van der Waals surface area contributed by atoms with Crippen LogP contribution >= 0.6 is 11.6 Å². The fourth-order valence-electron chi connectivity index (χ4n) is 3.28. The Morgan fingerprint density at radius 2 is 2.15 bits per heavy atom. The first kappa shape index (κ1) is 17.3. The summed E-state index contributed by atoms with van der Waals surface area (Å²) in [5, 5.41) is 14.5. The SMILES string of the molecule is COC(=O)c1[nH]ncc1C1CC(=O)Nc2c1cnn2Cc1ccccc1Cl. The number of amides is 1. The van der Waals surface area contributed by atoms with Gasteiger partial charge in [0.05, 0.1) is 26.0 Å². The third-order valence-corrected chi connectivity index (χ3v) is 4.97. The van der Waals surface area contributed by atoms with Gasteiger partial charge < -0.3 is 10.1 Å². The van der Waals surface area contributed by atoms with Crippen molar-refractivity contribution in [2.45, 2.75) is 18.9 Å². The molecule has 9 heteroatoms. The topological polar surface area (TPSA) is 102 Å². The summed E-state index contributed by atoms with van der Waals surface area (Å²) in [7, 11) is 1.30. The van der Waals surface area contributed by atoms with Crippen molar-refractivity contribution >= 4 is 29.3 Å². The van der Waals surface area contributed by atoms with E-state index in [0.717, 1.165) is 11.1 Å². The normalized spacial score (nSPS) is 15.9. The molecule has 2 N–H and O–H groups in total. The van der Waals surface area contributed by atoms with Crippen LogP contribution in [0.1, 0.15) is 39.5 Å². The second kappa shape index (κ2) is 6.88. The van der Waals surface area contributed by atoms with E-state index < -0.39 is 5.97 Å². The van der Waals surface area contributed by atoms with Crippen LogP contribution in [0.25, 0.3) is 0 Å². The molecule has 1 aliphatic rings. The third-order valence-electron chi connectivity index (χ3n) is 4.60. The van der Waals surface area contributed by atoms with Crippen molar-refractivity contribution in [3.63, 3.8) is 0 Å². The van der Waals surface area contributed by atoms with Crippen molar-refractivity contribution in [2.75, 3.05) is 12.4 Å². The molecular weight excluding hydrogens is 370 g/mol. The molecule has 0 bridgehead atoms. The van der Waals surface area contributed by atoms with Crippen LogP contribution in [0.3, 0.4) is 0 Å².